The first kappa shape index (κ1) is 18.3. The predicted octanol–water partition coefficient (Wildman–Crippen LogP) is 5.13. The molecule has 0 radical (unpaired) electrons. The lowest BCUT2D eigenvalue weighted by atomic mass is 10.1. The lowest BCUT2D eigenvalue weighted by Gasteiger charge is -2.14. The molecule has 0 spiro atoms. The van der Waals surface area contributed by atoms with Gasteiger partial charge in [0.05, 0.1) is 10.7 Å². The Kier molecular flexibility index (Phi) is 5.78. The second kappa shape index (κ2) is 8.23. The maximum absolute atomic E-state index is 10.7. The molecule has 26 heavy (non-hydrogen) atoms. The average Bonchev–Trinajstić information content (AvgIpc) is 2.65. The fourth-order valence-electron chi connectivity index (χ4n) is 2.71. The fraction of sp³-hybridized carbons (Fsp3) is 0.0952. The summed E-state index contributed by atoms with van der Waals surface area (Å²) < 4.78 is 12.4. The third-order valence-electron chi connectivity index (χ3n) is 3.92. The van der Waals surface area contributed by atoms with Gasteiger partial charge in [0.1, 0.15) is 6.61 Å². The van der Waals surface area contributed by atoms with Crippen LogP contribution < -0.4 is 9.47 Å². The van der Waals surface area contributed by atoms with Crippen molar-refractivity contribution in [1.29, 1.82) is 0 Å². The molecule has 132 valence electrons. The van der Waals surface area contributed by atoms with Crippen molar-refractivity contribution in [3.8, 4) is 11.5 Å². The van der Waals surface area contributed by atoms with Crippen LogP contribution in [0.5, 0.6) is 11.5 Å². The lowest BCUT2D eigenvalue weighted by Crippen LogP contribution is -2.01. The van der Waals surface area contributed by atoms with Gasteiger partial charge >= 0.3 is 5.97 Å². The fourth-order valence-corrected chi connectivity index (χ4v) is 3.49. The molecule has 3 aromatic carbocycles. The van der Waals surface area contributed by atoms with E-state index in [-0.39, 0.29) is 0 Å². The summed E-state index contributed by atoms with van der Waals surface area (Å²) in [6.45, 7) is 0.415. The van der Waals surface area contributed by atoms with Crippen LogP contribution in [0.1, 0.15) is 11.1 Å². The molecule has 5 heteroatoms. The van der Waals surface area contributed by atoms with E-state index in [1.54, 1.807) is 13.2 Å². The molecule has 0 unspecified atom stereocenters. The number of ether oxygens (including phenoxy) is 2. The van der Waals surface area contributed by atoms with Crippen LogP contribution >= 0.6 is 22.6 Å². The van der Waals surface area contributed by atoms with E-state index in [9.17, 15) is 4.79 Å². The Labute approximate surface area is 165 Å². The predicted molar refractivity (Wildman–Crippen MR) is 111 cm³/mol. The Morgan fingerprint density at radius 2 is 1.92 bits per heavy atom. The molecule has 4 nitrogen and oxygen atoms in total. The zero-order chi connectivity index (χ0) is 18.5. The highest BCUT2D eigenvalue weighted by Gasteiger charge is 2.12. The summed E-state index contributed by atoms with van der Waals surface area (Å²) in [6, 6.07) is 18.0. The van der Waals surface area contributed by atoms with Gasteiger partial charge in [-0.1, -0.05) is 42.5 Å². The Hall–Kier alpha value is -2.54. The number of aliphatic carboxylic acids is 1. The highest BCUT2D eigenvalue weighted by Crippen LogP contribution is 2.35. The largest absolute Gasteiger partial charge is 0.493 e. The number of carboxylic acid groups (broad SMARTS) is 1. The van der Waals surface area contributed by atoms with Crippen LogP contribution in [0.4, 0.5) is 0 Å². The number of benzene rings is 3. The Bertz CT molecular complexity index is 974. The van der Waals surface area contributed by atoms with Gasteiger partial charge in [0.25, 0.3) is 0 Å². The molecule has 1 N–H and O–H groups in total. The molecule has 0 heterocycles. The van der Waals surface area contributed by atoms with E-state index in [2.05, 4.69) is 40.8 Å². The van der Waals surface area contributed by atoms with Crippen LogP contribution in [0, 0.1) is 3.57 Å². The molecule has 3 aromatic rings. The van der Waals surface area contributed by atoms with Crippen molar-refractivity contribution in [3.05, 3.63) is 75.4 Å². The third kappa shape index (κ3) is 4.16. The van der Waals surface area contributed by atoms with Crippen molar-refractivity contribution in [2.45, 2.75) is 6.61 Å². The molecule has 0 amide bonds. The standard InChI is InChI=1S/C21H17IO4/c1-25-19-12-14(9-10-20(23)24)11-18(22)21(19)26-13-16-7-4-6-15-5-2-3-8-17(15)16/h2-12H,13H2,1H3,(H,23,24)/b10-9+. The number of fused-ring (bicyclic) bond motifs is 1. The number of halogens is 1. The smallest absolute Gasteiger partial charge is 0.328 e. The zero-order valence-electron chi connectivity index (χ0n) is 14.1. The van der Waals surface area contributed by atoms with Crippen LogP contribution in [-0.4, -0.2) is 18.2 Å². The molecule has 0 bridgehead atoms. The van der Waals surface area contributed by atoms with Crippen LogP contribution in [-0.2, 0) is 11.4 Å². The normalized spacial score (nSPS) is 11.0. The minimum absolute atomic E-state index is 0.415. The van der Waals surface area contributed by atoms with Crippen molar-refractivity contribution < 1.29 is 19.4 Å². The summed E-state index contributed by atoms with van der Waals surface area (Å²) in [7, 11) is 1.57. The molecule has 3 rings (SSSR count). The quantitative estimate of drug-likeness (QED) is 0.410. The van der Waals surface area contributed by atoms with Gasteiger partial charge in [0.15, 0.2) is 11.5 Å². The maximum Gasteiger partial charge on any atom is 0.328 e. The van der Waals surface area contributed by atoms with Gasteiger partial charge < -0.3 is 14.6 Å². The topological polar surface area (TPSA) is 55.8 Å². The minimum atomic E-state index is -0.991. The second-order valence-electron chi connectivity index (χ2n) is 5.63. The highest BCUT2D eigenvalue weighted by molar-refractivity contribution is 14.1. The summed E-state index contributed by atoms with van der Waals surface area (Å²) in [5.41, 5.74) is 1.84. The van der Waals surface area contributed by atoms with Gasteiger partial charge in [-0.3, -0.25) is 0 Å². The molecule has 0 atom stereocenters. The van der Waals surface area contributed by atoms with E-state index in [1.165, 1.54) is 11.5 Å². The second-order valence-corrected chi connectivity index (χ2v) is 6.79. The number of carbonyl (C=O) groups is 1. The van der Waals surface area contributed by atoms with Gasteiger partial charge in [-0.05, 0) is 62.7 Å². The average molecular weight is 460 g/mol. The van der Waals surface area contributed by atoms with E-state index in [0.717, 1.165) is 26.2 Å². The lowest BCUT2D eigenvalue weighted by molar-refractivity contribution is -0.131. The molecule has 0 aliphatic rings. The van der Waals surface area contributed by atoms with Gasteiger partial charge in [0.2, 0.25) is 0 Å². The SMILES string of the molecule is COc1cc(/C=C/C(=O)O)cc(I)c1OCc1cccc2ccccc12. The van der Waals surface area contributed by atoms with Gasteiger partial charge in [0, 0.05) is 6.08 Å². The molecule has 0 fully saturated rings. The molecule has 0 aliphatic carbocycles. The van der Waals surface area contributed by atoms with Crippen LogP contribution in [0.25, 0.3) is 16.8 Å². The van der Waals surface area contributed by atoms with E-state index in [4.69, 9.17) is 14.6 Å². The first-order valence-corrected chi connectivity index (χ1v) is 9.04. The van der Waals surface area contributed by atoms with Crippen molar-refractivity contribution in [3.63, 3.8) is 0 Å². The Balaban J connectivity index is 1.88. The number of rotatable bonds is 6. The van der Waals surface area contributed by atoms with E-state index in [1.807, 2.05) is 30.3 Å². The summed E-state index contributed by atoms with van der Waals surface area (Å²) >= 11 is 2.17. The number of hydrogen-bond donors (Lipinski definition) is 1. The van der Waals surface area contributed by atoms with Crippen molar-refractivity contribution in [1.82, 2.24) is 0 Å². The van der Waals surface area contributed by atoms with Crippen LogP contribution in [0.15, 0.2) is 60.7 Å². The zero-order valence-corrected chi connectivity index (χ0v) is 16.3. The molecule has 0 saturated carbocycles. The molecular weight excluding hydrogens is 443 g/mol. The van der Waals surface area contributed by atoms with Crippen molar-refractivity contribution in [2.75, 3.05) is 7.11 Å². The van der Waals surface area contributed by atoms with Crippen LogP contribution in [0.3, 0.4) is 0 Å². The number of methoxy groups -OCH3 is 1. The summed E-state index contributed by atoms with van der Waals surface area (Å²) in [5.74, 6) is 0.228. The van der Waals surface area contributed by atoms with Gasteiger partial charge in [-0.2, -0.15) is 0 Å². The summed E-state index contributed by atoms with van der Waals surface area (Å²) in [5, 5.41) is 11.1. The monoisotopic (exact) mass is 460 g/mol. The minimum Gasteiger partial charge on any atom is -0.493 e. The third-order valence-corrected chi connectivity index (χ3v) is 4.72. The van der Waals surface area contributed by atoms with Gasteiger partial charge in [-0.25, -0.2) is 4.79 Å². The molecule has 0 aliphatic heterocycles. The first-order valence-electron chi connectivity index (χ1n) is 7.96. The highest BCUT2D eigenvalue weighted by atomic mass is 127. The summed E-state index contributed by atoms with van der Waals surface area (Å²) in [4.78, 5) is 10.7. The maximum atomic E-state index is 10.7. The van der Waals surface area contributed by atoms with Gasteiger partial charge in [-0.15, -0.1) is 0 Å². The Morgan fingerprint density at radius 1 is 1.15 bits per heavy atom. The van der Waals surface area contributed by atoms with Crippen molar-refractivity contribution >= 4 is 45.4 Å². The van der Waals surface area contributed by atoms with E-state index >= 15 is 0 Å². The Morgan fingerprint density at radius 3 is 2.69 bits per heavy atom. The van der Waals surface area contributed by atoms with E-state index in [0.29, 0.717) is 18.1 Å². The first-order chi connectivity index (χ1) is 12.6. The molecule has 0 saturated heterocycles. The molecular formula is C21H17IO4. The summed E-state index contributed by atoms with van der Waals surface area (Å²) in [6.07, 6.45) is 2.63. The van der Waals surface area contributed by atoms with E-state index < -0.39 is 5.97 Å². The van der Waals surface area contributed by atoms with Crippen LogP contribution in [0.2, 0.25) is 0 Å². The number of hydrogen-bond acceptors (Lipinski definition) is 3. The number of carboxylic acids is 1. The van der Waals surface area contributed by atoms with Crippen molar-refractivity contribution in [2.24, 2.45) is 0 Å². The molecule has 0 aromatic heterocycles.